The lowest BCUT2D eigenvalue weighted by Gasteiger charge is -2.18. The molecule has 0 spiro atoms. The van der Waals surface area contributed by atoms with Gasteiger partial charge in [-0.2, -0.15) is 5.26 Å². The van der Waals surface area contributed by atoms with Crippen LogP contribution < -0.4 is 4.90 Å². The molecule has 0 N–H and O–H groups in total. The van der Waals surface area contributed by atoms with E-state index in [1.165, 1.54) is 11.0 Å². The minimum atomic E-state index is -0.237. The van der Waals surface area contributed by atoms with Crippen LogP contribution in [0, 0.1) is 35.0 Å². The second kappa shape index (κ2) is 4.19. The summed E-state index contributed by atoms with van der Waals surface area (Å²) in [7, 11) is 0. The van der Waals surface area contributed by atoms with Crippen LogP contribution in [-0.2, 0) is 9.59 Å². The van der Waals surface area contributed by atoms with Crippen LogP contribution in [0.15, 0.2) is 30.4 Å². The number of nitriles is 1. The average molecular weight is 299 g/mol. The van der Waals surface area contributed by atoms with Gasteiger partial charge in [0.1, 0.15) is 0 Å². The number of rotatable bonds is 1. The summed E-state index contributed by atoms with van der Waals surface area (Å²) in [6, 6.07) is 6.62. The average Bonchev–Trinajstić information content (AvgIpc) is 3.14. The minimum Gasteiger partial charge on any atom is -0.274 e. The van der Waals surface area contributed by atoms with Gasteiger partial charge >= 0.3 is 0 Å². The number of hydrogen-bond acceptors (Lipinski definition) is 3. The van der Waals surface area contributed by atoms with Gasteiger partial charge in [-0.05, 0) is 36.5 Å². The van der Waals surface area contributed by atoms with Crippen molar-refractivity contribution >= 4 is 29.1 Å². The van der Waals surface area contributed by atoms with E-state index in [0.29, 0.717) is 11.3 Å². The Hall–Kier alpha value is -2.12. The van der Waals surface area contributed by atoms with Gasteiger partial charge in [-0.25, -0.2) is 4.90 Å². The second-order valence-electron chi connectivity index (χ2n) is 5.79. The second-order valence-corrected chi connectivity index (χ2v) is 6.20. The Morgan fingerprint density at radius 3 is 2.29 bits per heavy atom. The highest BCUT2D eigenvalue weighted by Gasteiger charge is 2.59. The topological polar surface area (TPSA) is 61.2 Å². The molecule has 4 nitrogen and oxygen atoms in total. The zero-order valence-corrected chi connectivity index (χ0v) is 11.7. The van der Waals surface area contributed by atoms with Crippen molar-refractivity contribution in [1.82, 2.24) is 0 Å². The number of benzene rings is 1. The predicted octanol–water partition coefficient (Wildman–Crippen LogP) is 2.52. The molecule has 1 aromatic carbocycles. The molecule has 2 aliphatic carbocycles. The summed E-state index contributed by atoms with van der Waals surface area (Å²) >= 11 is 6.15. The zero-order valence-electron chi connectivity index (χ0n) is 11.0. The van der Waals surface area contributed by atoms with Gasteiger partial charge in [0.15, 0.2) is 0 Å². The van der Waals surface area contributed by atoms with Crippen LogP contribution in [0.3, 0.4) is 0 Å². The predicted molar refractivity (Wildman–Crippen MR) is 76.4 cm³/mol. The smallest absolute Gasteiger partial charge is 0.238 e. The van der Waals surface area contributed by atoms with Crippen LogP contribution >= 0.6 is 11.6 Å². The molecule has 4 atom stereocenters. The Bertz CT molecular complexity index is 719. The SMILES string of the molecule is N#Cc1ccc(N2C(=O)[C@@H]3[C@H](C2=O)[C@@H]2C=C[C@H]3C2)c(Cl)c1. The number of halogens is 1. The van der Waals surface area contributed by atoms with Crippen molar-refractivity contribution in [2.75, 3.05) is 4.90 Å². The molecule has 5 heteroatoms. The molecule has 1 aromatic rings. The first-order chi connectivity index (χ1) is 10.1. The van der Waals surface area contributed by atoms with E-state index in [1.807, 2.05) is 6.07 Å². The van der Waals surface area contributed by atoms with E-state index in [9.17, 15) is 9.59 Å². The monoisotopic (exact) mass is 298 g/mol. The fourth-order valence-electron chi connectivity index (χ4n) is 3.90. The van der Waals surface area contributed by atoms with Crippen LogP contribution in [0.2, 0.25) is 5.02 Å². The number of fused-ring (bicyclic) bond motifs is 5. The van der Waals surface area contributed by atoms with E-state index in [-0.39, 0.29) is 40.5 Å². The molecule has 3 aliphatic rings. The van der Waals surface area contributed by atoms with Crippen LogP contribution in [0.4, 0.5) is 5.69 Å². The Balaban J connectivity index is 1.76. The number of carbonyl (C=O) groups is 2. The lowest BCUT2D eigenvalue weighted by Crippen LogP contribution is -2.33. The number of hydrogen-bond donors (Lipinski definition) is 0. The lowest BCUT2D eigenvalue weighted by atomic mass is 9.85. The zero-order chi connectivity index (χ0) is 14.7. The van der Waals surface area contributed by atoms with E-state index in [4.69, 9.17) is 16.9 Å². The molecule has 21 heavy (non-hydrogen) atoms. The highest BCUT2D eigenvalue weighted by Crippen LogP contribution is 2.53. The van der Waals surface area contributed by atoms with Gasteiger partial charge in [0.25, 0.3) is 0 Å². The molecule has 1 saturated heterocycles. The maximum Gasteiger partial charge on any atom is 0.238 e. The molecule has 0 unspecified atom stereocenters. The Labute approximate surface area is 126 Å². The molecule has 1 saturated carbocycles. The molecular weight excluding hydrogens is 288 g/mol. The van der Waals surface area contributed by atoms with Gasteiger partial charge in [0.2, 0.25) is 11.8 Å². The number of allylic oxidation sites excluding steroid dienone is 2. The van der Waals surface area contributed by atoms with Crippen molar-refractivity contribution in [3.63, 3.8) is 0 Å². The van der Waals surface area contributed by atoms with Crippen molar-refractivity contribution in [3.05, 3.63) is 40.9 Å². The largest absolute Gasteiger partial charge is 0.274 e. The van der Waals surface area contributed by atoms with E-state index >= 15 is 0 Å². The van der Waals surface area contributed by atoms with Crippen LogP contribution in [0.1, 0.15) is 12.0 Å². The third kappa shape index (κ3) is 1.55. The molecule has 2 amide bonds. The highest BCUT2D eigenvalue weighted by atomic mass is 35.5. The molecule has 104 valence electrons. The fraction of sp³-hybridized carbons (Fsp3) is 0.312. The fourth-order valence-corrected chi connectivity index (χ4v) is 4.16. The van der Waals surface area contributed by atoms with Gasteiger partial charge in [-0.3, -0.25) is 9.59 Å². The number of amides is 2. The lowest BCUT2D eigenvalue weighted by molar-refractivity contribution is -0.123. The summed E-state index contributed by atoms with van der Waals surface area (Å²) in [6.07, 6.45) is 5.02. The Morgan fingerprint density at radius 1 is 1.14 bits per heavy atom. The van der Waals surface area contributed by atoms with E-state index in [1.54, 1.807) is 12.1 Å². The van der Waals surface area contributed by atoms with Gasteiger partial charge in [0, 0.05) is 0 Å². The quantitative estimate of drug-likeness (QED) is 0.591. The van der Waals surface area contributed by atoms with Gasteiger partial charge in [-0.15, -0.1) is 0 Å². The normalized spacial score (nSPS) is 32.7. The first kappa shape index (κ1) is 12.6. The third-order valence-corrected chi connectivity index (χ3v) is 5.09. The van der Waals surface area contributed by atoms with Crippen molar-refractivity contribution in [1.29, 1.82) is 5.26 Å². The number of imide groups is 1. The molecule has 2 fully saturated rings. The molecule has 1 heterocycles. The minimum absolute atomic E-state index is 0.159. The van der Waals surface area contributed by atoms with Gasteiger partial charge < -0.3 is 0 Å². The van der Waals surface area contributed by atoms with E-state index in [2.05, 4.69) is 12.2 Å². The summed E-state index contributed by atoms with van der Waals surface area (Å²) in [5.74, 6) is -0.433. The summed E-state index contributed by atoms with van der Waals surface area (Å²) in [5, 5.41) is 9.13. The first-order valence-corrected chi connectivity index (χ1v) is 7.25. The van der Waals surface area contributed by atoms with E-state index < -0.39 is 0 Å². The first-order valence-electron chi connectivity index (χ1n) is 6.87. The number of nitrogens with zero attached hydrogens (tertiary/aromatic N) is 2. The molecule has 4 rings (SSSR count). The molecule has 0 aromatic heterocycles. The van der Waals surface area contributed by atoms with E-state index in [0.717, 1.165) is 6.42 Å². The summed E-state index contributed by atoms with van der Waals surface area (Å²) < 4.78 is 0. The number of anilines is 1. The molecule has 2 bridgehead atoms. The molecule has 1 aliphatic heterocycles. The van der Waals surface area contributed by atoms with Crippen LogP contribution in [-0.4, -0.2) is 11.8 Å². The van der Waals surface area contributed by atoms with Gasteiger partial charge in [-0.1, -0.05) is 23.8 Å². The Morgan fingerprint density at radius 2 is 1.76 bits per heavy atom. The Kier molecular flexibility index (Phi) is 2.51. The van der Waals surface area contributed by atoms with Crippen LogP contribution in [0.5, 0.6) is 0 Å². The van der Waals surface area contributed by atoms with Crippen molar-refractivity contribution in [3.8, 4) is 6.07 Å². The summed E-state index contributed by atoms with van der Waals surface area (Å²) in [5.41, 5.74) is 0.796. The summed E-state index contributed by atoms with van der Waals surface area (Å²) in [6.45, 7) is 0. The molecular formula is C16H11ClN2O2. The standard InChI is InChI=1S/C16H11ClN2O2/c17-11-5-8(7-18)1-4-12(11)19-15(20)13-9-2-3-10(6-9)14(13)16(19)21/h1-5,9-10,13-14H,6H2/t9-,10+,13-,14+. The molecule has 0 radical (unpaired) electrons. The van der Waals surface area contributed by atoms with Crippen molar-refractivity contribution in [2.45, 2.75) is 6.42 Å². The van der Waals surface area contributed by atoms with Crippen molar-refractivity contribution in [2.24, 2.45) is 23.7 Å². The summed E-state index contributed by atoms with van der Waals surface area (Å²) in [4.78, 5) is 26.5. The van der Waals surface area contributed by atoms with Crippen LogP contribution in [0.25, 0.3) is 0 Å². The van der Waals surface area contributed by atoms with Gasteiger partial charge in [0.05, 0.1) is 34.2 Å². The highest BCUT2D eigenvalue weighted by molar-refractivity contribution is 6.36. The maximum atomic E-state index is 12.6. The maximum absolute atomic E-state index is 12.6. The number of carbonyl (C=O) groups excluding carboxylic acids is 2. The third-order valence-electron chi connectivity index (χ3n) is 4.79. The van der Waals surface area contributed by atoms with Crippen molar-refractivity contribution < 1.29 is 9.59 Å².